The van der Waals surface area contributed by atoms with Crippen LogP contribution < -0.4 is 5.32 Å². The van der Waals surface area contributed by atoms with Gasteiger partial charge in [0.1, 0.15) is 0 Å². The lowest BCUT2D eigenvalue weighted by molar-refractivity contribution is 0.0946. The Morgan fingerprint density at radius 1 is 1.32 bits per heavy atom. The molecule has 0 fully saturated rings. The molecule has 0 spiro atoms. The standard InChI is InChI=1S/C15H21Cl2NO/c1-3-5-6-11(4-2)10-18-15(19)13-8-7-12(16)9-14(13)17/h7-9,11H,3-6,10H2,1-2H3,(H,18,19)/t11-/m0/s1. The minimum atomic E-state index is -0.128. The summed E-state index contributed by atoms with van der Waals surface area (Å²) in [5.41, 5.74) is 0.483. The Hall–Kier alpha value is -0.730. The monoisotopic (exact) mass is 301 g/mol. The lowest BCUT2D eigenvalue weighted by atomic mass is 9.99. The first-order chi connectivity index (χ1) is 9.08. The smallest absolute Gasteiger partial charge is 0.252 e. The van der Waals surface area contributed by atoms with E-state index >= 15 is 0 Å². The zero-order chi connectivity index (χ0) is 14.3. The Balaban J connectivity index is 2.54. The normalized spacial score (nSPS) is 12.2. The Morgan fingerprint density at radius 3 is 2.63 bits per heavy atom. The van der Waals surface area contributed by atoms with Crippen LogP contribution in [0.25, 0.3) is 0 Å². The van der Waals surface area contributed by atoms with E-state index in [-0.39, 0.29) is 5.91 Å². The number of hydrogen-bond acceptors (Lipinski definition) is 1. The van der Waals surface area contributed by atoms with Crippen LogP contribution in [0.2, 0.25) is 10.0 Å². The van der Waals surface area contributed by atoms with Gasteiger partial charge in [-0.05, 0) is 30.5 Å². The molecule has 106 valence electrons. The summed E-state index contributed by atoms with van der Waals surface area (Å²) in [5.74, 6) is 0.409. The topological polar surface area (TPSA) is 29.1 Å². The first-order valence-electron chi connectivity index (χ1n) is 6.81. The third kappa shape index (κ3) is 5.42. The van der Waals surface area contributed by atoms with Crippen molar-refractivity contribution in [3.63, 3.8) is 0 Å². The van der Waals surface area contributed by atoms with Gasteiger partial charge in [-0.2, -0.15) is 0 Å². The minimum Gasteiger partial charge on any atom is -0.352 e. The molecule has 0 radical (unpaired) electrons. The third-order valence-electron chi connectivity index (χ3n) is 3.27. The van der Waals surface area contributed by atoms with Crippen LogP contribution in [-0.2, 0) is 0 Å². The largest absolute Gasteiger partial charge is 0.352 e. The van der Waals surface area contributed by atoms with Crippen LogP contribution in [-0.4, -0.2) is 12.5 Å². The summed E-state index contributed by atoms with van der Waals surface area (Å²) < 4.78 is 0. The highest BCUT2D eigenvalue weighted by Crippen LogP contribution is 2.21. The van der Waals surface area contributed by atoms with E-state index in [4.69, 9.17) is 23.2 Å². The summed E-state index contributed by atoms with van der Waals surface area (Å²) in [6, 6.07) is 4.93. The van der Waals surface area contributed by atoms with Crippen LogP contribution in [0.15, 0.2) is 18.2 Å². The summed E-state index contributed by atoms with van der Waals surface area (Å²) in [5, 5.41) is 3.89. The molecule has 19 heavy (non-hydrogen) atoms. The second-order valence-corrected chi connectivity index (χ2v) is 5.59. The highest BCUT2D eigenvalue weighted by Gasteiger charge is 2.12. The van der Waals surface area contributed by atoms with Crippen molar-refractivity contribution < 1.29 is 4.79 Å². The molecule has 0 aromatic heterocycles. The molecule has 1 aromatic carbocycles. The molecule has 0 aliphatic heterocycles. The van der Waals surface area contributed by atoms with Crippen molar-refractivity contribution in [2.75, 3.05) is 6.54 Å². The van der Waals surface area contributed by atoms with E-state index in [1.807, 2.05) is 0 Å². The van der Waals surface area contributed by atoms with Gasteiger partial charge in [0.25, 0.3) is 5.91 Å². The first-order valence-corrected chi connectivity index (χ1v) is 7.57. The van der Waals surface area contributed by atoms with Crippen molar-refractivity contribution in [1.82, 2.24) is 5.32 Å². The summed E-state index contributed by atoms with van der Waals surface area (Å²) in [4.78, 5) is 12.0. The maximum atomic E-state index is 12.0. The van der Waals surface area contributed by atoms with Crippen LogP contribution in [0.5, 0.6) is 0 Å². The highest BCUT2D eigenvalue weighted by molar-refractivity contribution is 6.36. The SMILES string of the molecule is CCCC[C@H](CC)CNC(=O)c1ccc(Cl)cc1Cl. The molecule has 1 rings (SSSR count). The number of nitrogens with one attached hydrogen (secondary N) is 1. The zero-order valence-corrected chi connectivity index (χ0v) is 13.0. The molecule has 1 amide bonds. The fourth-order valence-corrected chi connectivity index (χ4v) is 2.44. The fourth-order valence-electron chi connectivity index (χ4n) is 1.95. The van der Waals surface area contributed by atoms with Crippen molar-refractivity contribution in [3.05, 3.63) is 33.8 Å². The van der Waals surface area contributed by atoms with Gasteiger partial charge in [-0.1, -0.05) is 56.3 Å². The number of benzene rings is 1. The van der Waals surface area contributed by atoms with Gasteiger partial charge in [0.05, 0.1) is 10.6 Å². The molecule has 1 atom stereocenters. The molecular formula is C15H21Cl2NO. The Bertz CT molecular complexity index is 421. The number of halogens is 2. The van der Waals surface area contributed by atoms with E-state index < -0.39 is 0 Å². The van der Waals surface area contributed by atoms with Crippen LogP contribution in [0.1, 0.15) is 49.9 Å². The van der Waals surface area contributed by atoms with Crippen molar-refractivity contribution in [2.24, 2.45) is 5.92 Å². The summed E-state index contributed by atoms with van der Waals surface area (Å²) in [6.45, 7) is 5.04. The lowest BCUT2D eigenvalue weighted by Crippen LogP contribution is -2.29. The Kier molecular flexibility index (Phi) is 7.25. The zero-order valence-electron chi connectivity index (χ0n) is 11.5. The van der Waals surface area contributed by atoms with Crippen LogP contribution in [0, 0.1) is 5.92 Å². The van der Waals surface area contributed by atoms with E-state index in [1.54, 1.807) is 18.2 Å². The molecule has 0 bridgehead atoms. The molecule has 0 unspecified atom stereocenters. The van der Waals surface area contributed by atoms with Gasteiger partial charge in [0.15, 0.2) is 0 Å². The fraction of sp³-hybridized carbons (Fsp3) is 0.533. The number of carbonyl (C=O) groups is 1. The average molecular weight is 302 g/mol. The first kappa shape index (κ1) is 16.3. The molecule has 2 nitrogen and oxygen atoms in total. The average Bonchev–Trinajstić information content (AvgIpc) is 2.38. The van der Waals surface area contributed by atoms with E-state index in [1.165, 1.54) is 12.8 Å². The molecule has 4 heteroatoms. The van der Waals surface area contributed by atoms with Crippen LogP contribution in [0.4, 0.5) is 0 Å². The van der Waals surface area contributed by atoms with Crippen LogP contribution >= 0.6 is 23.2 Å². The quantitative estimate of drug-likeness (QED) is 0.759. The molecule has 0 heterocycles. The molecule has 0 aliphatic rings. The van der Waals surface area contributed by atoms with Gasteiger partial charge < -0.3 is 5.32 Å². The maximum absolute atomic E-state index is 12.0. The van der Waals surface area contributed by atoms with Gasteiger partial charge in [-0.25, -0.2) is 0 Å². The maximum Gasteiger partial charge on any atom is 0.252 e. The third-order valence-corrected chi connectivity index (χ3v) is 3.82. The van der Waals surface area contributed by atoms with Gasteiger partial charge in [0.2, 0.25) is 0 Å². The number of carbonyl (C=O) groups excluding carboxylic acids is 1. The second-order valence-electron chi connectivity index (χ2n) is 4.75. The van der Waals surface area contributed by atoms with Gasteiger partial charge in [-0.3, -0.25) is 4.79 Å². The van der Waals surface area contributed by atoms with Gasteiger partial charge in [0, 0.05) is 11.6 Å². The Labute approximate surface area is 125 Å². The molecular weight excluding hydrogens is 281 g/mol. The number of unbranched alkanes of at least 4 members (excludes halogenated alkanes) is 1. The molecule has 1 N–H and O–H groups in total. The van der Waals surface area contributed by atoms with E-state index in [0.29, 0.717) is 28.1 Å². The van der Waals surface area contributed by atoms with Gasteiger partial charge >= 0.3 is 0 Å². The highest BCUT2D eigenvalue weighted by atomic mass is 35.5. The van der Waals surface area contributed by atoms with E-state index in [0.717, 1.165) is 12.8 Å². The number of rotatable bonds is 7. The second kappa shape index (κ2) is 8.44. The summed E-state index contributed by atoms with van der Waals surface area (Å²) in [6.07, 6.45) is 4.62. The molecule has 1 aromatic rings. The lowest BCUT2D eigenvalue weighted by Gasteiger charge is -2.15. The predicted molar refractivity (Wildman–Crippen MR) is 82.1 cm³/mol. The van der Waals surface area contributed by atoms with E-state index in [9.17, 15) is 4.79 Å². The van der Waals surface area contributed by atoms with E-state index in [2.05, 4.69) is 19.2 Å². The minimum absolute atomic E-state index is 0.128. The van der Waals surface area contributed by atoms with Crippen molar-refractivity contribution in [3.8, 4) is 0 Å². The summed E-state index contributed by atoms with van der Waals surface area (Å²) in [7, 11) is 0. The molecule has 0 saturated carbocycles. The summed E-state index contributed by atoms with van der Waals surface area (Å²) >= 11 is 11.8. The Morgan fingerprint density at radius 2 is 2.05 bits per heavy atom. The number of amides is 1. The van der Waals surface area contributed by atoms with Crippen molar-refractivity contribution in [2.45, 2.75) is 39.5 Å². The van der Waals surface area contributed by atoms with Crippen molar-refractivity contribution >= 4 is 29.1 Å². The molecule has 0 aliphatic carbocycles. The van der Waals surface area contributed by atoms with Crippen LogP contribution in [0.3, 0.4) is 0 Å². The predicted octanol–water partition coefficient (Wildman–Crippen LogP) is 4.94. The van der Waals surface area contributed by atoms with Gasteiger partial charge in [-0.15, -0.1) is 0 Å². The molecule has 0 saturated heterocycles. The number of hydrogen-bond donors (Lipinski definition) is 1. The van der Waals surface area contributed by atoms with Crippen molar-refractivity contribution in [1.29, 1.82) is 0 Å².